The molecular weight excluding hydrogens is 286 g/mol. The van der Waals surface area contributed by atoms with E-state index in [4.69, 9.17) is 16.3 Å². The first kappa shape index (κ1) is 14.8. The van der Waals surface area contributed by atoms with Crippen molar-refractivity contribution in [2.24, 2.45) is 0 Å². The molecular formula is C15H13ClF2O2. The van der Waals surface area contributed by atoms with Crippen LogP contribution in [-0.4, -0.2) is 5.11 Å². The van der Waals surface area contributed by atoms with Crippen molar-refractivity contribution in [3.05, 3.63) is 64.2 Å². The van der Waals surface area contributed by atoms with Crippen LogP contribution in [0.15, 0.2) is 36.4 Å². The van der Waals surface area contributed by atoms with Gasteiger partial charge in [-0.3, -0.25) is 0 Å². The summed E-state index contributed by atoms with van der Waals surface area (Å²) in [6.07, 6.45) is -0.618. The Kier molecular flexibility index (Phi) is 4.57. The van der Waals surface area contributed by atoms with Gasteiger partial charge in [-0.25, -0.2) is 8.78 Å². The molecule has 2 aromatic carbocycles. The van der Waals surface area contributed by atoms with E-state index in [0.717, 1.165) is 12.1 Å². The largest absolute Gasteiger partial charge is 0.487 e. The molecule has 0 aromatic heterocycles. The fourth-order valence-corrected chi connectivity index (χ4v) is 1.93. The molecule has 5 heteroatoms. The van der Waals surface area contributed by atoms with Gasteiger partial charge in [0.1, 0.15) is 12.4 Å². The van der Waals surface area contributed by atoms with Gasteiger partial charge in [0.05, 0.1) is 11.1 Å². The minimum Gasteiger partial charge on any atom is -0.487 e. The van der Waals surface area contributed by atoms with E-state index in [1.807, 2.05) is 0 Å². The minimum absolute atomic E-state index is 0.0744. The molecule has 0 saturated heterocycles. The van der Waals surface area contributed by atoms with Gasteiger partial charge in [0.2, 0.25) is 0 Å². The third-order valence-electron chi connectivity index (χ3n) is 2.82. The van der Waals surface area contributed by atoms with E-state index < -0.39 is 17.7 Å². The van der Waals surface area contributed by atoms with E-state index in [0.29, 0.717) is 21.9 Å². The summed E-state index contributed by atoms with van der Waals surface area (Å²) in [6, 6.07) is 8.49. The number of benzene rings is 2. The number of hydrogen-bond donors (Lipinski definition) is 1. The zero-order chi connectivity index (χ0) is 14.7. The molecule has 0 saturated carbocycles. The van der Waals surface area contributed by atoms with Crippen molar-refractivity contribution >= 4 is 11.6 Å². The van der Waals surface area contributed by atoms with E-state index in [9.17, 15) is 13.9 Å². The molecule has 0 fully saturated rings. The van der Waals surface area contributed by atoms with Crippen LogP contribution in [0.3, 0.4) is 0 Å². The molecule has 2 rings (SSSR count). The van der Waals surface area contributed by atoms with Crippen molar-refractivity contribution in [3.63, 3.8) is 0 Å². The summed E-state index contributed by atoms with van der Waals surface area (Å²) in [5.41, 5.74) is 1.18. The van der Waals surface area contributed by atoms with Gasteiger partial charge in [-0.2, -0.15) is 0 Å². The Morgan fingerprint density at radius 2 is 1.90 bits per heavy atom. The summed E-state index contributed by atoms with van der Waals surface area (Å²) in [4.78, 5) is 0. The lowest BCUT2D eigenvalue weighted by Crippen LogP contribution is -1.98. The maximum atomic E-state index is 13.0. The predicted octanol–water partition coefficient (Wildman–Crippen LogP) is 4.25. The summed E-state index contributed by atoms with van der Waals surface area (Å²) in [7, 11) is 0. The summed E-state index contributed by atoms with van der Waals surface area (Å²) < 4.78 is 31.3. The first-order valence-electron chi connectivity index (χ1n) is 6.01. The van der Waals surface area contributed by atoms with Gasteiger partial charge in [0, 0.05) is 0 Å². The van der Waals surface area contributed by atoms with Crippen molar-refractivity contribution in [2.75, 3.05) is 0 Å². The van der Waals surface area contributed by atoms with E-state index in [1.54, 1.807) is 25.1 Å². The highest BCUT2D eigenvalue weighted by molar-refractivity contribution is 6.32. The summed E-state index contributed by atoms with van der Waals surface area (Å²) in [5, 5.41) is 9.78. The normalized spacial score (nSPS) is 12.2. The molecule has 1 unspecified atom stereocenters. The van der Waals surface area contributed by atoms with Gasteiger partial charge in [0.15, 0.2) is 11.6 Å². The van der Waals surface area contributed by atoms with Crippen LogP contribution in [0.1, 0.15) is 24.2 Å². The van der Waals surface area contributed by atoms with Crippen LogP contribution in [0.4, 0.5) is 8.78 Å². The lowest BCUT2D eigenvalue weighted by Gasteiger charge is -2.11. The van der Waals surface area contributed by atoms with Crippen LogP contribution in [0.5, 0.6) is 5.75 Å². The first-order chi connectivity index (χ1) is 9.47. The topological polar surface area (TPSA) is 29.5 Å². The molecule has 1 atom stereocenters. The molecule has 0 heterocycles. The Labute approximate surface area is 120 Å². The number of aliphatic hydroxyl groups excluding tert-OH is 1. The van der Waals surface area contributed by atoms with Crippen molar-refractivity contribution in [1.82, 2.24) is 0 Å². The molecule has 2 aromatic rings. The van der Waals surface area contributed by atoms with Crippen molar-refractivity contribution in [2.45, 2.75) is 19.6 Å². The van der Waals surface area contributed by atoms with Gasteiger partial charge in [0.25, 0.3) is 0 Å². The van der Waals surface area contributed by atoms with Crippen LogP contribution in [0, 0.1) is 11.6 Å². The number of aliphatic hydroxyl groups is 1. The highest BCUT2D eigenvalue weighted by atomic mass is 35.5. The second-order valence-electron chi connectivity index (χ2n) is 4.40. The number of halogens is 3. The molecule has 0 aliphatic heterocycles. The first-order valence-corrected chi connectivity index (χ1v) is 6.39. The van der Waals surface area contributed by atoms with Crippen molar-refractivity contribution in [1.29, 1.82) is 0 Å². The predicted molar refractivity (Wildman–Crippen MR) is 72.8 cm³/mol. The monoisotopic (exact) mass is 298 g/mol. The molecule has 0 amide bonds. The third kappa shape index (κ3) is 3.46. The molecule has 20 heavy (non-hydrogen) atoms. The van der Waals surface area contributed by atoms with Crippen LogP contribution >= 0.6 is 11.6 Å². The van der Waals surface area contributed by atoms with Gasteiger partial charge in [-0.05, 0) is 42.3 Å². The smallest absolute Gasteiger partial charge is 0.159 e. The zero-order valence-corrected chi connectivity index (χ0v) is 11.5. The molecule has 0 aliphatic carbocycles. The van der Waals surface area contributed by atoms with Crippen LogP contribution in [0.25, 0.3) is 0 Å². The Balaban J connectivity index is 2.09. The lowest BCUT2D eigenvalue weighted by atomic mass is 10.1. The number of hydrogen-bond acceptors (Lipinski definition) is 2. The quantitative estimate of drug-likeness (QED) is 0.914. The maximum Gasteiger partial charge on any atom is 0.159 e. The number of rotatable bonds is 4. The Bertz CT molecular complexity index is 615. The van der Waals surface area contributed by atoms with Gasteiger partial charge in [-0.1, -0.05) is 23.7 Å². The molecule has 106 valence electrons. The second kappa shape index (κ2) is 6.20. The van der Waals surface area contributed by atoms with E-state index >= 15 is 0 Å². The summed E-state index contributed by atoms with van der Waals surface area (Å²) in [5.74, 6) is -1.39. The van der Waals surface area contributed by atoms with Gasteiger partial charge < -0.3 is 9.84 Å². The SMILES string of the molecule is CC(O)c1ccc(OCc2ccc(F)c(F)c2)c(Cl)c1. The van der Waals surface area contributed by atoms with Crippen LogP contribution in [-0.2, 0) is 6.61 Å². The molecule has 0 radical (unpaired) electrons. The average Bonchev–Trinajstić information content (AvgIpc) is 2.41. The van der Waals surface area contributed by atoms with E-state index in [2.05, 4.69) is 0 Å². The lowest BCUT2D eigenvalue weighted by molar-refractivity contribution is 0.199. The maximum absolute atomic E-state index is 13.0. The van der Waals surface area contributed by atoms with Crippen molar-refractivity contribution in [3.8, 4) is 5.75 Å². The number of ether oxygens (including phenoxy) is 1. The highest BCUT2D eigenvalue weighted by Crippen LogP contribution is 2.28. The molecule has 1 N–H and O–H groups in total. The summed E-state index contributed by atoms with van der Waals surface area (Å²) >= 11 is 6.03. The molecule has 0 spiro atoms. The van der Waals surface area contributed by atoms with E-state index in [1.165, 1.54) is 6.07 Å². The molecule has 0 aliphatic rings. The molecule has 2 nitrogen and oxygen atoms in total. The fraction of sp³-hybridized carbons (Fsp3) is 0.200. The Morgan fingerprint density at radius 1 is 1.15 bits per heavy atom. The molecule has 0 bridgehead atoms. The Morgan fingerprint density at radius 3 is 2.50 bits per heavy atom. The van der Waals surface area contributed by atoms with Crippen molar-refractivity contribution < 1.29 is 18.6 Å². The van der Waals surface area contributed by atoms with Crippen LogP contribution in [0.2, 0.25) is 5.02 Å². The van der Waals surface area contributed by atoms with E-state index in [-0.39, 0.29) is 6.61 Å². The zero-order valence-electron chi connectivity index (χ0n) is 10.7. The third-order valence-corrected chi connectivity index (χ3v) is 3.11. The Hall–Kier alpha value is -1.65. The standard InChI is InChI=1S/C15H13ClF2O2/c1-9(19)11-3-5-15(12(16)7-11)20-8-10-2-4-13(17)14(18)6-10/h2-7,9,19H,8H2,1H3. The highest BCUT2D eigenvalue weighted by Gasteiger charge is 2.08. The average molecular weight is 299 g/mol. The minimum atomic E-state index is -0.915. The fourth-order valence-electron chi connectivity index (χ4n) is 1.68. The second-order valence-corrected chi connectivity index (χ2v) is 4.81. The van der Waals surface area contributed by atoms with Gasteiger partial charge >= 0.3 is 0 Å². The van der Waals surface area contributed by atoms with Crippen LogP contribution < -0.4 is 4.74 Å². The van der Waals surface area contributed by atoms with Gasteiger partial charge in [-0.15, -0.1) is 0 Å². The summed E-state index contributed by atoms with van der Waals surface area (Å²) in [6.45, 7) is 1.71.